The summed E-state index contributed by atoms with van der Waals surface area (Å²) in [5, 5.41) is 0. The van der Waals surface area contributed by atoms with Crippen LogP contribution in [0, 0.1) is 18.8 Å². The minimum Gasteiger partial charge on any atom is -0.339 e. The van der Waals surface area contributed by atoms with Crippen molar-refractivity contribution in [2.75, 3.05) is 0 Å². The van der Waals surface area contributed by atoms with Gasteiger partial charge in [0.25, 0.3) is 0 Å². The number of rotatable bonds is 0. The maximum Gasteiger partial charge on any atom is 0.175 e. The van der Waals surface area contributed by atoms with Crippen LogP contribution >= 0.6 is 48.9 Å². The highest BCUT2D eigenvalue weighted by Gasteiger charge is 1.71. The van der Waals surface area contributed by atoms with Gasteiger partial charge in [-0.15, -0.1) is 0 Å². The van der Waals surface area contributed by atoms with Gasteiger partial charge in [0.15, 0.2) is 9.54 Å². The molecule has 2 rings (SSSR count). The van der Waals surface area contributed by atoms with Crippen LogP contribution in [0.4, 0.5) is 0 Å². The first-order valence-electron chi connectivity index (χ1n) is 4.14. The van der Waals surface area contributed by atoms with E-state index < -0.39 is 0 Å². The molecule has 0 saturated heterocycles. The molecular formula is C8H8N4S4. The van der Waals surface area contributed by atoms with Gasteiger partial charge in [-0.2, -0.15) is 0 Å². The van der Waals surface area contributed by atoms with E-state index in [4.69, 9.17) is 48.9 Å². The molecule has 16 heavy (non-hydrogen) atoms. The molecule has 0 aliphatic carbocycles. The summed E-state index contributed by atoms with van der Waals surface area (Å²) in [6.07, 6.45) is 3.42. The van der Waals surface area contributed by atoms with E-state index in [0.717, 1.165) is 0 Å². The predicted molar refractivity (Wildman–Crippen MR) is 73.6 cm³/mol. The lowest BCUT2D eigenvalue weighted by atomic mass is 10.7. The molecule has 0 bridgehead atoms. The lowest BCUT2D eigenvalue weighted by Gasteiger charge is -1.80. The molecule has 0 fully saturated rings. The smallest absolute Gasteiger partial charge is 0.175 e. The maximum absolute atomic E-state index is 4.76. The Kier molecular flexibility index (Phi) is 5.39. The van der Waals surface area contributed by atoms with Crippen LogP contribution in [-0.2, 0) is 0 Å². The van der Waals surface area contributed by atoms with Gasteiger partial charge >= 0.3 is 0 Å². The highest BCUT2D eigenvalue weighted by atomic mass is 32.1. The summed E-state index contributed by atoms with van der Waals surface area (Å²) in [5.41, 5.74) is 0. The van der Waals surface area contributed by atoms with Crippen molar-refractivity contribution in [3.8, 4) is 0 Å². The minimum atomic E-state index is 0.567. The van der Waals surface area contributed by atoms with Crippen molar-refractivity contribution in [1.82, 2.24) is 19.9 Å². The van der Waals surface area contributed by atoms with E-state index in [2.05, 4.69) is 19.9 Å². The van der Waals surface area contributed by atoms with Crippen LogP contribution in [-0.4, -0.2) is 19.9 Å². The van der Waals surface area contributed by atoms with Crippen molar-refractivity contribution in [3.63, 3.8) is 0 Å². The zero-order valence-corrected chi connectivity index (χ0v) is 11.2. The SMILES string of the molecule is S=c1cc[nH]c(=S)[nH]1.S=c1cc[nH]c(=S)[nH]1. The molecule has 0 saturated carbocycles. The van der Waals surface area contributed by atoms with Crippen molar-refractivity contribution in [2.24, 2.45) is 0 Å². The molecule has 0 amide bonds. The molecule has 4 nitrogen and oxygen atoms in total. The quantitative estimate of drug-likeness (QED) is 0.559. The summed E-state index contributed by atoms with van der Waals surface area (Å²) in [7, 11) is 0. The first-order valence-corrected chi connectivity index (χ1v) is 5.77. The molecule has 0 aliphatic heterocycles. The Labute approximate surface area is 112 Å². The van der Waals surface area contributed by atoms with E-state index >= 15 is 0 Å². The zero-order chi connectivity index (χ0) is 12.0. The summed E-state index contributed by atoms with van der Waals surface area (Å²) in [6.45, 7) is 0. The van der Waals surface area contributed by atoms with Crippen LogP contribution in [0.3, 0.4) is 0 Å². The Hall–Kier alpha value is -0.960. The Morgan fingerprint density at radius 1 is 0.688 bits per heavy atom. The third kappa shape index (κ3) is 5.21. The lowest BCUT2D eigenvalue weighted by Crippen LogP contribution is -1.76. The average Bonchev–Trinajstić information content (AvgIpc) is 2.17. The largest absolute Gasteiger partial charge is 0.339 e. The molecular weight excluding hydrogens is 280 g/mol. The lowest BCUT2D eigenvalue weighted by molar-refractivity contribution is 1.12. The van der Waals surface area contributed by atoms with Crippen molar-refractivity contribution >= 4 is 48.9 Å². The van der Waals surface area contributed by atoms with Crippen LogP contribution in [0.2, 0.25) is 0 Å². The van der Waals surface area contributed by atoms with Gasteiger partial charge < -0.3 is 19.9 Å². The average molecular weight is 288 g/mol. The molecule has 0 aromatic carbocycles. The predicted octanol–water partition coefficient (Wildman–Crippen LogP) is 3.60. The van der Waals surface area contributed by atoms with E-state index in [1.165, 1.54) is 0 Å². The van der Waals surface area contributed by atoms with Crippen molar-refractivity contribution in [3.05, 3.63) is 43.3 Å². The number of H-pyrrole nitrogens is 4. The Morgan fingerprint density at radius 2 is 1.06 bits per heavy atom. The molecule has 84 valence electrons. The summed E-state index contributed by atoms with van der Waals surface area (Å²) < 4.78 is 2.46. The van der Waals surface area contributed by atoms with E-state index in [1.54, 1.807) is 24.5 Å². The second-order valence-electron chi connectivity index (χ2n) is 2.59. The fourth-order valence-corrected chi connectivity index (χ4v) is 1.59. The van der Waals surface area contributed by atoms with Gasteiger partial charge in [-0.05, 0) is 36.6 Å². The van der Waals surface area contributed by atoms with Gasteiger partial charge in [0.2, 0.25) is 0 Å². The first-order chi connectivity index (χ1) is 7.58. The number of aromatic nitrogens is 4. The van der Waals surface area contributed by atoms with Gasteiger partial charge in [0, 0.05) is 12.4 Å². The number of nitrogens with one attached hydrogen (secondary N) is 4. The van der Waals surface area contributed by atoms with E-state index in [1.807, 2.05) is 0 Å². The highest BCUT2D eigenvalue weighted by molar-refractivity contribution is 7.72. The zero-order valence-electron chi connectivity index (χ0n) is 7.94. The van der Waals surface area contributed by atoms with Crippen molar-refractivity contribution < 1.29 is 0 Å². The van der Waals surface area contributed by atoms with E-state index in [9.17, 15) is 0 Å². The molecule has 0 atom stereocenters. The highest BCUT2D eigenvalue weighted by Crippen LogP contribution is 1.81. The number of hydrogen-bond donors (Lipinski definition) is 4. The molecule has 0 unspecified atom stereocenters. The van der Waals surface area contributed by atoms with Gasteiger partial charge in [-0.1, -0.05) is 24.4 Å². The summed E-state index contributed by atoms with van der Waals surface area (Å²) in [4.78, 5) is 11.0. The third-order valence-electron chi connectivity index (χ3n) is 1.37. The monoisotopic (exact) mass is 288 g/mol. The second-order valence-corrected chi connectivity index (χ2v) is 4.29. The van der Waals surface area contributed by atoms with E-state index in [-0.39, 0.29) is 0 Å². The van der Waals surface area contributed by atoms with Crippen LogP contribution in [0.15, 0.2) is 24.5 Å². The molecule has 2 aromatic rings. The number of hydrogen-bond acceptors (Lipinski definition) is 4. The molecule has 2 heterocycles. The van der Waals surface area contributed by atoms with Crippen molar-refractivity contribution in [2.45, 2.75) is 0 Å². The standard InChI is InChI=1S/2C4H4N2S2/c2*7-3-1-2-5-4(8)6-3/h2*1-2H,(H2,5,6,7,8). The normalized spacial score (nSPS) is 9.00. The van der Waals surface area contributed by atoms with Gasteiger partial charge in [-0.3, -0.25) is 0 Å². The minimum absolute atomic E-state index is 0.567. The number of aromatic amines is 4. The Bertz CT molecular complexity index is 552. The van der Waals surface area contributed by atoms with Crippen molar-refractivity contribution in [1.29, 1.82) is 0 Å². The summed E-state index contributed by atoms with van der Waals surface area (Å²) in [5.74, 6) is 0. The first kappa shape index (κ1) is 13.1. The maximum atomic E-state index is 4.76. The second kappa shape index (κ2) is 6.59. The molecule has 4 N–H and O–H groups in total. The van der Waals surface area contributed by atoms with Crippen LogP contribution in [0.25, 0.3) is 0 Å². The fourth-order valence-electron chi connectivity index (χ4n) is 0.765. The Morgan fingerprint density at radius 3 is 1.25 bits per heavy atom. The van der Waals surface area contributed by atoms with Gasteiger partial charge in [-0.25, -0.2) is 0 Å². The van der Waals surface area contributed by atoms with Crippen LogP contribution < -0.4 is 0 Å². The molecule has 8 heteroatoms. The summed E-state index contributed by atoms with van der Waals surface area (Å²) >= 11 is 19.0. The molecule has 0 aliphatic rings. The summed E-state index contributed by atoms with van der Waals surface area (Å²) in [6, 6.07) is 3.48. The Balaban J connectivity index is 0.000000160. The van der Waals surface area contributed by atoms with Crippen LogP contribution in [0.5, 0.6) is 0 Å². The fraction of sp³-hybridized carbons (Fsp3) is 0. The van der Waals surface area contributed by atoms with Gasteiger partial charge in [0.05, 0.1) is 0 Å². The topological polar surface area (TPSA) is 63.2 Å². The van der Waals surface area contributed by atoms with E-state index in [0.29, 0.717) is 18.8 Å². The molecule has 2 aromatic heterocycles. The molecule has 0 spiro atoms. The third-order valence-corrected chi connectivity index (χ3v) is 2.29. The molecule has 0 radical (unpaired) electrons. The van der Waals surface area contributed by atoms with Crippen LogP contribution in [0.1, 0.15) is 0 Å². The van der Waals surface area contributed by atoms with Gasteiger partial charge in [0.1, 0.15) is 9.28 Å².